The Kier molecular flexibility index (Phi) is 5.27. The highest BCUT2D eigenvalue weighted by atomic mass is 35.5. The molecular weight excluding hydrogens is 457 g/mol. The van der Waals surface area contributed by atoms with E-state index in [1.54, 1.807) is 73.7 Å². The molecule has 0 fully saturated rings. The number of aliphatic hydroxyl groups is 1. The first-order valence-corrected chi connectivity index (χ1v) is 10.8. The molecule has 4 heterocycles. The van der Waals surface area contributed by atoms with Gasteiger partial charge in [0, 0.05) is 30.7 Å². The molecule has 1 atom stereocenters. The first-order chi connectivity index (χ1) is 16.3. The number of fused-ring (bicyclic) bond motifs is 1. The average molecular weight is 476 g/mol. The largest absolute Gasteiger partial charge is 0.373 e. The molecule has 5 aromatic rings. The fourth-order valence-electron chi connectivity index (χ4n) is 4.11. The molecule has 4 aromatic heterocycles. The van der Waals surface area contributed by atoms with Crippen LogP contribution < -0.4 is 5.56 Å². The second-order valence-corrected chi connectivity index (χ2v) is 8.41. The molecule has 5 rings (SSSR count). The van der Waals surface area contributed by atoms with Crippen LogP contribution in [-0.4, -0.2) is 29.2 Å². The van der Waals surface area contributed by atoms with Crippen molar-refractivity contribution in [3.05, 3.63) is 111 Å². The van der Waals surface area contributed by atoms with E-state index in [1.807, 2.05) is 0 Å². The van der Waals surface area contributed by atoms with E-state index >= 15 is 0 Å². The smallest absolute Gasteiger partial charge is 0.251 e. The standard InChI is InChI=1S/C25H19ClFN5O2/c1-31-14-28-13-21(31)25(34,15-6-8-16(26)9-7-15)20-11-10-19-24(30-20)17(12-23(33)32(19)2)18-4-3-5-22(27)29-18/h3-14,34H,1-2H3/t25-/m1/s1. The van der Waals surface area contributed by atoms with Gasteiger partial charge >= 0.3 is 0 Å². The Morgan fingerprint density at radius 2 is 1.79 bits per heavy atom. The summed E-state index contributed by atoms with van der Waals surface area (Å²) >= 11 is 6.09. The Hall–Kier alpha value is -3.88. The molecule has 0 saturated carbocycles. The first kappa shape index (κ1) is 21.9. The van der Waals surface area contributed by atoms with E-state index in [9.17, 15) is 14.3 Å². The van der Waals surface area contributed by atoms with Crippen molar-refractivity contribution >= 4 is 22.6 Å². The number of hydrogen-bond acceptors (Lipinski definition) is 5. The lowest BCUT2D eigenvalue weighted by molar-refractivity contribution is 0.113. The first-order valence-electron chi connectivity index (χ1n) is 10.4. The van der Waals surface area contributed by atoms with Crippen LogP contribution in [0.25, 0.3) is 22.3 Å². The number of imidazole rings is 1. The van der Waals surface area contributed by atoms with Crippen LogP contribution in [0.3, 0.4) is 0 Å². The van der Waals surface area contributed by atoms with Gasteiger partial charge in [-0.25, -0.2) is 15.0 Å². The number of benzene rings is 1. The number of aromatic nitrogens is 5. The number of halogens is 2. The molecule has 170 valence electrons. The third-order valence-electron chi connectivity index (χ3n) is 5.90. The van der Waals surface area contributed by atoms with Crippen molar-refractivity contribution in [1.29, 1.82) is 0 Å². The molecule has 9 heteroatoms. The van der Waals surface area contributed by atoms with Gasteiger partial charge in [0.2, 0.25) is 5.95 Å². The van der Waals surface area contributed by atoms with Gasteiger partial charge in [-0.3, -0.25) is 4.79 Å². The molecule has 0 aliphatic heterocycles. The van der Waals surface area contributed by atoms with Crippen molar-refractivity contribution in [1.82, 2.24) is 24.1 Å². The lowest BCUT2D eigenvalue weighted by Gasteiger charge is -2.29. The summed E-state index contributed by atoms with van der Waals surface area (Å²) in [6, 6.07) is 15.9. The Morgan fingerprint density at radius 3 is 2.47 bits per heavy atom. The summed E-state index contributed by atoms with van der Waals surface area (Å²) in [6.45, 7) is 0. The molecule has 0 aliphatic carbocycles. The summed E-state index contributed by atoms with van der Waals surface area (Å²) in [5.74, 6) is -0.671. The molecule has 0 radical (unpaired) electrons. The third kappa shape index (κ3) is 3.48. The lowest BCUT2D eigenvalue weighted by atomic mass is 9.86. The zero-order valence-corrected chi connectivity index (χ0v) is 19.0. The highest BCUT2D eigenvalue weighted by Gasteiger charge is 2.38. The topological polar surface area (TPSA) is 85.8 Å². The summed E-state index contributed by atoms with van der Waals surface area (Å²) in [7, 11) is 3.40. The normalized spacial score (nSPS) is 13.2. The predicted octanol–water partition coefficient (Wildman–Crippen LogP) is 3.81. The number of nitrogens with zero attached hydrogens (tertiary/aromatic N) is 5. The van der Waals surface area contributed by atoms with Crippen molar-refractivity contribution in [2.75, 3.05) is 0 Å². The van der Waals surface area contributed by atoms with Crippen LogP contribution in [0.1, 0.15) is 17.0 Å². The van der Waals surface area contributed by atoms with Gasteiger partial charge in [-0.05, 0) is 42.0 Å². The van der Waals surface area contributed by atoms with Crippen molar-refractivity contribution in [3.8, 4) is 11.3 Å². The second kappa shape index (κ2) is 8.16. The van der Waals surface area contributed by atoms with Crippen molar-refractivity contribution in [2.24, 2.45) is 14.1 Å². The van der Waals surface area contributed by atoms with Crippen LogP contribution in [0.5, 0.6) is 0 Å². The van der Waals surface area contributed by atoms with E-state index in [0.29, 0.717) is 38.6 Å². The van der Waals surface area contributed by atoms with E-state index in [-0.39, 0.29) is 11.3 Å². The highest BCUT2D eigenvalue weighted by molar-refractivity contribution is 6.30. The van der Waals surface area contributed by atoms with Gasteiger partial charge in [-0.1, -0.05) is 29.8 Å². The summed E-state index contributed by atoms with van der Waals surface area (Å²) in [5, 5.41) is 12.7. The van der Waals surface area contributed by atoms with Gasteiger partial charge in [-0.15, -0.1) is 0 Å². The van der Waals surface area contributed by atoms with E-state index < -0.39 is 11.5 Å². The highest BCUT2D eigenvalue weighted by Crippen LogP contribution is 2.37. The lowest BCUT2D eigenvalue weighted by Crippen LogP contribution is -2.32. The van der Waals surface area contributed by atoms with Crippen molar-refractivity contribution in [2.45, 2.75) is 5.60 Å². The SMILES string of the molecule is Cn1cncc1[C@@](O)(c1ccc(Cl)cc1)c1ccc2c(n1)c(-c1cccc(F)n1)cc(=O)n2C. The second-order valence-electron chi connectivity index (χ2n) is 7.97. The Labute approximate surface area is 198 Å². The predicted molar refractivity (Wildman–Crippen MR) is 127 cm³/mol. The average Bonchev–Trinajstić information content (AvgIpc) is 3.27. The molecule has 0 amide bonds. The summed E-state index contributed by atoms with van der Waals surface area (Å²) in [5.41, 5.74) is 0.870. The minimum atomic E-state index is -1.69. The molecule has 0 bridgehead atoms. The van der Waals surface area contributed by atoms with Gasteiger partial charge in [0.15, 0.2) is 5.60 Å². The molecule has 7 nitrogen and oxygen atoms in total. The van der Waals surface area contributed by atoms with Gasteiger partial charge in [0.25, 0.3) is 5.56 Å². The molecule has 1 N–H and O–H groups in total. The third-order valence-corrected chi connectivity index (χ3v) is 6.15. The minimum absolute atomic E-state index is 0.267. The van der Waals surface area contributed by atoms with Gasteiger partial charge < -0.3 is 14.2 Å². The maximum atomic E-state index is 13.9. The molecule has 0 unspecified atom stereocenters. The molecule has 1 aromatic carbocycles. The van der Waals surface area contributed by atoms with Crippen LogP contribution in [0.4, 0.5) is 4.39 Å². The fourth-order valence-corrected chi connectivity index (χ4v) is 4.23. The molecule has 34 heavy (non-hydrogen) atoms. The summed E-state index contributed by atoms with van der Waals surface area (Å²) in [6.07, 6.45) is 3.15. The zero-order valence-electron chi connectivity index (χ0n) is 18.3. The Balaban J connectivity index is 1.84. The van der Waals surface area contributed by atoms with Crippen LogP contribution in [-0.2, 0) is 19.7 Å². The molecule has 0 aliphatic rings. The number of aryl methyl sites for hydroxylation is 2. The van der Waals surface area contributed by atoms with Gasteiger partial charge in [0.1, 0.15) is 0 Å². The Morgan fingerprint density at radius 1 is 1.03 bits per heavy atom. The quantitative estimate of drug-likeness (QED) is 0.399. The van der Waals surface area contributed by atoms with Gasteiger partial charge in [-0.2, -0.15) is 4.39 Å². The monoisotopic (exact) mass is 475 g/mol. The maximum Gasteiger partial charge on any atom is 0.251 e. The number of hydrogen-bond donors (Lipinski definition) is 1. The summed E-state index contributed by atoms with van der Waals surface area (Å²) in [4.78, 5) is 25.5. The van der Waals surface area contributed by atoms with E-state index in [4.69, 9.17) is 16.6 Å². The Bertz CT molecular complexity index is 1600. The molecular formula is C25H19ClFN5O2. The van der Waals surface area contributed by atoms with Gasteiger partial charge in [0.05, 0.1) is 40.6 Å². The van der Waals surface area contributed by atoms with Crippen LogP contribution in [0.15, 0.2) is 78.0 Å². The zero-order chi connectivity index (χ0) is 24.0. The minimum Gasteiger partial charge on any atom is -0.373 e. The molecule has 0 spiro atoms. The van der Waals surface area contributed by atoms with Crippen molar-refractivity contribution in [3.63, 3.8) is 0 Å². The number of pyridine rings is 3. The fraction of sp³-hybridized carbons (Fsp3) is 0.120. The van der Waals surface area contributed by atoms with E-state index in [1.165, 1.54) is 22.8 Å². The van der Waals surface area contributed by atoms with Crippen LogP contribution in [0.2, 0.25) is 5.02 Å². The van der Waals surface area contributed by atoms with E-state index in [2.05, 4.69) is 9.97 Å². The van der Waals surface area contributed by atoms with Crippen molar-refractivity contribution < 1.29 is 9.50 Å². The summed E-state index contributed by atoms with van der Waals surface area (Å²) < 4.78 is 17.1. The maximum absolute atomic E-state index is 13.9. The van der Waals surface area contributed by atoms with Crippen LogP contribution in [0, 0.1) is 5.95 Å². The van der Waals surface area contributed by atoms with Crippen LogP contribution >= 0.6 is 11.6 Å². The number of rotatable bonds is 4. The molecule has 0 saturated heterocycles. The van der Waals surface area contributed by atoms with E-state index in [0.717, 1.165) is 0 Å².